The van der Waals surface area contributed by atoms with E-state index in [0.29, 0.717) is 57.7 Å². The van der Waals surface area contributed by atoms with Crippen molar-refractivity contribution in [3.05, 3.63) is 48.0 Å². The molecule has 2 aromatic carbocycles. The number of benzene rings is 2. The maximum atomic E-state index is 13.2. The highest BCUT2D eigenvalue weighted by atomic mass is 16.2. The van der Waals surface area contributed by atoms with Crippen LogP contribution in [0.5, 0.6) is 0 Å². The standard InChI is InChI=1S/C27H30N4O5/c32-23-8-9-24(33)31(23)18-25(34)28-14-16-30(17-15-28)26(35)20-10-12-29(13-11-20)27(36)22-7-3-5-19-4-1-2-6-21(19)22/h1-7,20H,8-18H2. The zero-order valence-electron chi connectivity index (χ0n) is 20.2. The first-order valence-corrected chi connectivity index (χ1v) is 12.6. The lowest BCUT2D eigenvalue weighted by Gasteiger charge is -2.39. The van der Waals surface area contributed by atoms with Gasteiger partial charge in [0.25, 0.3) is 5.91 Å². The average Bonchev–Trinajstić information content (AvgIpc) is 3.24. The molecule has 9 heteroatoms. The third-order valence-electron chi connectivity index (χ3n) is 7.54. The molecular formula is C27H30N4O5. The second-order valence-electron chi connectivity index (χ2n) is 9.67. The molecule has 0 saturated carbocycles. The Morgan fingerprint density at radius 2 is 1.33 bits per heavy atom. The maximum Gasteiger partial charge on any atom is 0.254 e. The van der Waals surface area contributed by atoms with Crippen LogP contribution in [0.4, 0.5) is 0 Å². The van der Waals surface area contributed by atoms with Crippen LogP contribution >= 0.6 is 0 Å². The number of imide groups is 1. The van der Waals surface area contributed by atoms with Crippen molar-refractivity contribution in [3.8, 4) is 0 Å². The molecule has 188 valence electrons. The SMILES string of the molecule is O=C(CN1C(=O)CCC1=O)N1CCN(C(=O)C2CCN(C(=O)c3cccc4ccccc34)CC2)CC1. The van der Waals surface area contributed by atoms with Gasteiger partial charge in [-0.15, -0.1) is 0 Å². The second kappa shape index (κ2) is 10.1. The summed E-state index contributed by atoms with van der Waals surface area (Å²) in [7, 11) is 0. The minimum Gasteiger partial charge on any atom is -0.339 e. The molecule has 3 fully saturated rings. The number of piperazine rings is 1. The Hall–Kier alpha value is -3.75. The first-order chi connectivity index (χ1) is 17.4. The topological polar surface area (TPSA) is 98.3 Å². The lowest BCUT2D eigenvalue weighted by molar-refractivity contribution is -0.147. The number of likely N-dealkylation sites (tertiary alicyclic amines) is 2. The van der Waals surface area contributed by atoms with Crippen LogP contribution < -0.4 is 0 Å². The monoisotopic (exact) mass is 490 g/mol. The van der Waals surface area contributed by atoms with Gasteiger partial charge in [0.1, 0.15) is 6.54 Å². The fourth-order valence-electron chi connectivity index (χ4n) is 5.38. The van der Waals surface area contributed by atoms with Crippen molar-refractivity contribution in [1.29, 1.82) is 0 Å². The lowest BCUT2D eigenvalue weighted by Crippen LogP contribution is -2.54. The Bertz CT molecular complexity index is 1190. The molecule has 2 aromatic rings. The van der Waals surface area contributed by atoms with Gasteiger partial charge in [-0.25, -0.2) is 0 Å². The molecule has 5 amide bonds. The Balaban J connectivity index is 1.11. The molecule has 3 aliphatic heterocycles. The Labute approximate surface area is 209 Å². The summed E-state index contributed by atoms with van der Waals surface area (Å²) in [5.74, 6) is -0.918. The van der Waals surface area contributed by atoms with Gasteiger partial charge in [0.15, 0.2) is 0 Å². The number of amides is 5. The van der Waals surface area contributed by atoms with Crippen LogP contribution in [-0.2, 0) is 19.2 Å². The third-order valence-corrected chi connectivity index (χ3v) is 7.54. The molecule has 3 saturated heterocycles. The number of nitrogens with zero attached hydrogens (tertiary/aromatic N) is 4. The minimum atomic E-state index is -0.299. The highest BCUT2D eigenvalue weighted by molar-refractivity contribution is 6.07. The predicted molar refractivity (Wildman–Crippen MR) is 132 cm³/mol. The van der Waals surface area contributed by atoms with Gasteiger partial charge in [-0.3, -0.25) is 28.9 Å². The van der Waals surface area contributed by atoms with Crippen molar-refractivity contribution >= 4 is 40.3 Å². The zero-order valence-corrected chi connectivity index (χ0v) is 20.2. The van der Waals surface area contributed by atoms with Gasteiger partial charge in [-0.1, -0.05) is 36.4 Å². The third kappa shape index (κ3) is 4.69. The first kappa shape index (κ1) is 24.0. The lowest BCUT2D eigenvalue weighted by atomic mass is 9.94. The molecule has 0 spiro atoms. The molecule has 9 nitrogen and oxygen atoms in total. The average molecular weight is 491 g/mol. The molecular weight excluding hydrogens is 460 g/mol. The molecule has 0 radical (unpaired) electrons. The van der Waals surface area contributed by atoms with E-state index >= 15 is 0 Å². The molecule has 3 heterocycles. The molecule has 0 aromatic heterocycles. The molecule has 0 aliphatic carbocycles. The van der Waals surface area contributed by atoms with Gasteiger partial charge in [0.05, 0.1) is 0 Å². The van der Waals surface area contributed by atoms with Gasteiger partial charge >= 0.3 is 0 Å². The molecule has 0 N–H and O–H groups in total. The minimum absolute atomic E-state index is 0.000193. The van der Waals surface area contributed by atoms with E-state index in [1.807, 2.05) is 47.4 Å². The van der Waals surface area contributed by atoms with Gasteiger partial charge in [0.2, 0.25) is 23.6 Å². The van der Waals surface area contributed by atoms with Crippen LogP contribution in [0.15, 0.2) is 42.5 Å². The van der Waals surface area contributed by atoms with Crippen molar-refractivity contribution in [1.82, 2.24) is 19.6 Å². The van der Waals surface area contributed by atoms with Crippen LogP contribution in [0.1, 0.15) is 36.0 Å². The van der Waals surface area contributed by atoms with Crippen LogP contribution in [0.3, 0.4) is 0 Å². The molecule has 0 bridgehead atoms. The normalized spacial score (nSPS) is 19.3. The number of rotatable bonds is 4. The second-order valence-corrected chi connectivity index (χ2v) is 9.67. The van der Waals surface area contributed by atoms with E-state index < -0.39 is 0 Å². The van der Waals surface area contributed by atoms with E-state index in [-0.39, 0.29) is 54.8 Å². The van der Waals surface area contributed by atoms with Gasteiger partial charge < -0.3 is 14.7 Å². The van der Waals surface area contributed by atoms with E-state index in [1.165, 1.54) is 0 Å². The Kier molecular flexibility index (Phi) is 6.71. The van der Waals surface area contributed by atoms with Crippen LogP contribution in [0.25, 0.3) is 10.8 Å². The predicted octanol–water partition coefficient (Wildman–Crippen LogP) is 1.51. The maximum absolute atomic E-state index is 13.2. The van der Waals surface area contributed by atoms with Crippen LogP contribution in [-0.4, -0.2) is 94.9 Å². The van der Waals surface area contributed by atoms with E-state index in [4.69, 9.17) is 0 Å². The van der Waals surface area contributed by atoms with Crippen molar-refractivity contribution < 1.29 is 24.0 Å². The molecule has 36 heavy (non-hydrogen) atoms. The number of carbonyl (C=O) groups excluding carboxylic acids is 5. The molecule has 0 atom stereocenters. The highest BCUT2D eigenvalue weighted by Gasteiger charge is 2.35. The van der Waals surface area contributed by atoms with Crippen LogP contribution in [0.2, 0.25) is 0 Å². The summed E-state index contributed by atoms with van der Waals surface area (Å²) in [5, 5.41) is 1.97. The van der Waals surface area contributed by atoms with E-state index in [0.717, 1.165) is 15.7 Å². The number of carbonyl (C=O) groups is 5. The summed E-state index contributed by atoms with van der Waals surface area (Å²) < 4.78 is 0. The molecule has 3 aliphatic rings. The number of hydrogen-bond donors (Lipinski definition) is 0. The van der Waals surface area contributed by atoms with E-state index in [1.54, 1.807) is 9.80 Å². The van der Waals surface area contributed by atoms with Crippen LogP contribution in [0, 0.1) is 5.92 Å². The summed E-state index contributed by atoms with van der Waals surface area (Å²) in [5.41, 5.74) is 0.691. The van der Waals surface area contributed by atoms with Crippen molar-refractivity contribution in [2.45, 2.75) is 25.7 Å². The number of hydrogen-bond acceptors (Lipinski definition) is 5. The molecule has 5 rings (SSSR count). The summed E-state index contributed by atoms with van der Waals surface area (Å²) in [6.45, 7) is 2.50. The fraction of sp³-hybridized carbons (Fsp3) is 0.444. The largest absolute Gasteiger partial charge is 0.339 e. The number of piperidine rings is 1. The van der Waals surface area contributed by atoms with Gasteiger partial charge in [-0.2, -0.15) is 0 Å². The summed E-state index contributed by atoms with van der Waals surface area (Å²) >= 11 is 0. The molecule has 0 unspecified atom stereocenters. The quantitative estimate of drug-likeness (QED) is 0.605. The fourth-order valence-corrected chi connectivity index (χ4v) is 5.38. The van der Waals surface area contributed by atoms with E-state index in [9.17, 15) is 24.0 Å². The van der Waals surface area contributed by atoms with Gasteiger partial charge in [0, 0.05) is 63.6 Å². The van der Waals surface area contributed by atoms with Crippen molar-refractivity contribution in [2.24, 2.45) is 5.92 Å². The zero-order chi connectivity index (χ0) is 25.2. The Morgan fingerprint density at radius 3 is 2.03 bits per heavy atom. The Morgan fingerprint density at radius 1 is 0.722 bits per heavy atom. The van der Waals surface area contributed by atoms with Gasteiger partial charge in [-0.05, 0) is 29.7 Å². The first-order valence-electron chi connectivity index (χ1n) is 12.6. The highest BCUT2D eigenvalue weighted by Crippen LogP contribution is 2.25. The summed E-state index contributed by atoms with van der Waals surface area (Å²) in [6.07, 6.45) is 1.57. The van der Waals surface area contributed by atoms with Crippen molar-refractivity contribution in [3.63, 3.8) is 0 Å². The van der Waals surface area contributed by atoms with E-state index in [2.05, 4.69) is 0 Å². The number of fused-ring (bicyclic) bond motifs is 1. The van der Waals surface area contributed by atoms with Crippen molar-refractivity contribution in [2.75, 3.05) is 45.8 Å². The summed E-state index contributed by atoms with van der Waals surface area (Å²) in [6, 6.07) is 13.6. The smallest absolute Gasteiger partial charge is 0.254 e. The summed E-state index contributed by atoms with van der Waals surface area (Å²) in [4.78, 5) is 68.7.